The summed E-state index contributed by atoms with van der Waals surface area (Å²) in [6, 6.07) is 0.444. The van der Waals surface area contributed by atoms with E-state index in [0.717, 1.165) is 18.8 Å². The monoisotopic (exact) mass is 269 g/mol. The summed E-state index contributed by atoms with van der Waals surface area (Å²) in [5.41, 5.74) is -0.268. The van der Waals surface area contributed by atoms with Gasteiger partial charge in [-0.1, -0.05) is 24.9 Å². The molecule has 100 valence electrons. The van der Waals surface area contributed by atoms with Crippen LogP contribution in [0.5, 0.6) is 0 Å². The molecule has 0 saturated heterocycles. The van der Waals surface area contributed by atoms with Crippen LogP contribution >= 0.6 is 11.6 Å². The minimum Gasteiger partial charge on any atom is -0.355 e. The molecule has 1 aliphatic rings. The van der Waals surface area contributed by atoms with Gasteiger partial charge in [-0.2, -0.15) is 0 Å². The van der Waals surface area contributed by atoms with Gasteiger partial charge in [-0.05, 0) is 31.6 Å². The zero-order chi connectivity index (χ0) is 13.1. The Bertz CT molecular complexity index is 452. The molecule has 5 heteroatoms. The van der Waals surface area contributed by atoms with E-state index in [9.17, 15) is 4.79 Å². The summed E-state index contributed by atoms with van der Waals surface area (Å²) in [6.45, 7) is 2.25. The number of aromatic amines is 1. The van der Waals surface area contributed by atoms with Crippen LogP contribution in [0.4, 0.5) is 5.82 Å². The molecule has 1 saturated carbocycles. The van der Waals surface area contributed by atoms with Gasteiger partial charge in [-0.15, -0.1) is 0 Å². The quantitative estimate of drug-likeness (QED) is 0.918. The first-order valence-corrected chi connectivity index (χ1v) is 6.97. The molecule has 2 rings (SSSR count). The van der Waals surface area contributed by atoms with Crippen molar-refractivity contribution in [1.82, 2.24) is 9.97 Å². The van der Waals surface area contributed by atoms with Gasteiger partial charge in [0.05, 0.1) is 6.33 Å². The molecule has 0 radical (unpaired) electrons. The maximum Gasteiger partial charge on any atom is 0.271 e. The highest BCUT2D eigenvalue weighted by Crippen LogP contribution is 2.31. The van der Waals surface area contributed by atoms with E-state index in [1.54, 1.807) is 0 Å². The summed E-state index contributed by atoms with van der Waals surface area (Å²) in [4.78, 5) is 20.2. The van der Waals surface area contributed by atoms with Crippen LogP contribution in [0.25, 0.3) is 0 Å². The van der Waals surface area contributed by atoms with E-state index in [0.29, 0.717) is 11.9 Å². The van der Waals surface area contributed by atoms with Crippen molar-refractivity contribution in [2.75, 3.05) is 11.9 Å². The summed E-state index contributed by atoms with van der Waals surface area (Å²) in [5, 5.41) is 0.192. The molecule has 1 aromatic rings. The summed E-state index contributed by atoms with van der Waals surface area (Å²) in [6.07, 6.45) is 7.50. The number of nitrogens with zero attached hydrogens (tertiary/aromatic N) is 2. The van der Waals surface area contributed by atoms with Crippen molar-refractivity contribution in [3.05, 3.63) is 21.7 Å². The number of hydrogen-bond acceptors (Lipinski definition) is 3. The molecule has 0 unspecified atom stereocenters. The van der Waals surface area contributed by atoms with E-state index in [1.165, 1.54) is 25.6 Å². The number of hydrogen-bond donors (Lipinski definition) is 1. The number of halogens is 1. The molecular formula is C13H20ClN3O. The van der Waals surface area contributed by atoms with Gasteiger partial charge in [-0.3, -0.25) is 4.79 Å². The molecule has 0 spiro atoms. The molecule has 1 heterocycles. The maximum atomic E-state index is 11.5. The van der Waals surface area contributed by atoms with Crippen molar-refractivity contribution in [1.29, 1.82) is 0 Å². The van der Waals surface area contributed by atoms with Crippen molar-refractivity contribution in [2.24, 2.45) is 5.92 Å². The average Bonchev–Trinajstić information content (AvgIpc) is 2.41. The Hall–Kier alpha value is -1.03. The summed E-state index contributed by atoms with van der Waals surface area (Å²) in [7, 11) is 1.98. The highest BCUT2D eigenvalue weighted by Gasteiger charge is 2.25. The number of H-pyrrole nitrogens is 1. The molecule has 1 N–H and O–H groups in total. The van der Waals surface area contributed by atoms with Gasteiger partial charge in [0.1, 0.15) is 5.02 Å². The maximum absolute atomic E-state index is 11.5. The predicted molar refractivity (Wildman–Crippen MR) is 74.3 cm³/mol. The molecule has 1 aromatic heterocycles. The van der Waals surface area contributed by atoms with Crippen LogP contribution in [0.3, 0.4) is 0 Å². The van der Waals surface area contributed by atoms with E-state index >= 15 is 0 Å². The Balaban J connectivity index is 2.10. The van der Waals surface area contributed by atoms with Gasteiger partial charge in [0.25, 0.3) is 5.56 Å². The van der Waals surface area contributed by atoms with Crippen molar-refractivity contribution in [3.63, 3.8) is 0 Å². The number of aromatic nitrogens is 2. The Morgan fingerprint density at radius 2 is 2.11 bits per heavy atom. The highest BCUT2D eigenvalue weighted by atomic mass is 35.5. The van der Waals surface area contributed by atoms with Gasteiger partial charge >= 0.3 is 0 Å². The average molecular weight is 270 g/mol. The third kappa shape index (κ3) is 2.69. The van der Waals surface area contributed by atoms with Crippen LogP contribution in [-0.2, 0) is 0 Å². The fraction of sp³-hybridized carbons (Fsp3) is 0.692. The van der Waals surface area contributed by atoms with Crippen LogP contribution in [0.15, 0.2) is 11.1 Å². The first-order valence-electron chi connectivity index (χ1n) is 6.59. The summed E-state index contributed by atoms with van der Waals surface area (Å²) >= 11 is 6.02. The van der Waals surface area contributed by atoms with E-state index in [4.69, 9.17) is 11.6 Å². The van der Waals surface area contributed by atoms with Gasteiger partial charge in [0.2, 0.25) is 0 Å². The number of anilines is 1. The molecule has 0 atom stereocenters. The Morgan fingerprint density at radius 3 is 2.72 bits per heavy atom. The number of rotatable bonds is 3. The van der Waals surface area contributed by atoms with Crippen LogP contribution in [0, 0.1) is 5.92 Å². The molecule has 0 aliphatic heterocycles. The van der Waals surface area contributed by atoms with Crippen molar-refractivity contribution in [2.45, 2.75) is 45.1 Å². The Kier molecular flexibility index (Phi) is 4.27. The smallest absolute Gasteiger partial charge is 0.271 e. The molecule has 1 aliphatic carbocycles. The molecule has 18 heavy (non-hydrogen) atoms. The van der Waals surface area contributed by atoms with Gasteiger partial charge < -0.3 is 9.88 Å². The van der Waals surface area contributed by atoms with E-state index in [-0.39, 0.29) is 10.6 Å². The zero-order valence-electron chi connectivity index (χ0n) is 10.9. The number of nitrogens with one attached hydrogen (secondary N) is 1. The van der Waals surface area contributed by atoms with Crippen LogP contribution in [0.2, 0.25) is 5.02 Å². The van der Waals surface area contributed by atoms with Crippen LogP contribution in [-0.4, -0.2) is 23.1 Å². The molecule has 0 amide bonds. The lowest BCUT2D eigenvalue weighted by atomic mass is 9.84. The normalized spacial score (nSPS) is 23.9. The molecule has 0 aromatic carbocycles. The molecular weight excluding hydrogens is 250 g/mol. The Morgan fingerprint density at radius 1 is 1.44 bits per heavy atom. The third-order valence-corrected chi connectivity index (χ3v) is 4.39. The first-order chi connectivity index (χ1) is 8.63. The second kappa shape index (κ2) is 5.74. The lowest BCUT2D eigenvalue weighted by Gasteiger charge is -2.35. The second-order valence-electron chi connectivity index (χ2n) is 5.06. The van der Waals surface area contributed by atoms with Crippen molar-refractivity contribution in [3.8, 4) is 0 Å². The van der Waals surface area contributed by atoms with Crippen LogP contribution in [0.1, 0.15) is 39.0 Å². The minimum absolute atomic E-state index is 0.192. The SMILES string of the molecule is CCC1CCC(N(C)c2nc[nH]c(=O)c2Cl)CC1. The van der Waals surface area contributed by atoms with E-state index in [1.807, 2.05) is 7.05 Å². The minimum atomic E-state index is -0.268. The van der Waals surface area contributed by atoms with Crippen molar-refractivity contribution < 1.29 is 0 Å². The fourth-order valence-electron chi connectivity index (χ4n) is 2.73. The third-order valence-electron chi connectivity index (χ3n) is 4.05. The van der Waals surface area contributed by atoms with Gasteiger partial charge in [-0.25, -0.2) is 4.98 Å². The predicted octanol–water partition coefficient (Wildman–Crippen LogP) is 2.83. The lowest BCUT2D eigenvalue weighted by molar-refractivity contribution is 0.313. The zero-order valence-corrected chi connectivity index (χ0v) is 11.7. The first kappa shape index (κ1) is 13.4. The molecule has 4 nitrogen and oxygen atoms in total. The van der Waals surface area contributed by atoms with Gasteiger partial charge in [0, 0.05) is 13.1 Å². The highest BCUT2D eigenvalue weighted by molar-refractivity contribution is 6.32. The van der Waals surface area contributed by atoms with Gasteiger partial charge in [0.15, 0.2) is 5.82 Å². The van der Waals surface area contributed by atoms with E-state index < -0.39 is 0 Å². The van der Waals surface area contributed by atoms with Crippen molar-refractivity contribution >= 4 is 17.4 Å². The molecule has 0 bridgehead atoms. The largest absolute Gasteiger partial charge is 0.355 e. The Labute approximate surface area is 112 Å². The topological polar surface area (TPSA) is 49.0 Å². The second-order valence-corrected chi connectivity index (χ2v) is 5.44. The summed E-state index contributed by atoms with van der Waals surface area (Å²) in [5.74, 6) is 1.46. The van der Waals surface area contributed by atoms with E-state index in [2.05, 4.69) is 21.8 Å². The summed E-state index contributed by atoms with van der Waals surface area (Å²) < 4.78 is 0. The molecule has 1 fully saturated rings. The lowest BCUT2D eigenvalue weighted by Crippen LogP contribution is -2.36. The standard InChI is InChI=1S/C13H20ClN3O/c1-3-9-4-6-10(7-5-9)17(2)12-11(14)13(18)16-8-15-12/h8-10H,3-7H2,1-2H3,(H,15,16,18). The van der Waals surface area contributed by atoms with Crippen LogP contribution < -0.4 is 10.5 Å². The fourth-order valence-corrected chi connectivity index (χ4v) is 2.97.